The number of aliphatic carboxylic acids is 1. The van der Waals surface area contributed by atoms with Crippen LogP contribution in [0.4, 0.5) is 0 Å². The molecule has 0 aliphatic carbocycles. The topological polar surface area (TPSA) is 74.6 Å². The van der Waals surface area contributed by atoms with Gasteiger partial charge in [-0.1, -0.05) is 17.7 Å². The van der Waals surface area contributed by atoms with Gasteiger partial charge in [-0.05, 0) is 23.8 Å². The molecule has 15 heavy (non-hydrogen) atoms. The Morgan fingerprint density at radius 2 is 1.93 bits per heavy atom. The van der Waals surface area contributed by atoms with Gasteiger partial charge in [-0.25, -0.2) is 9.59 Å². The maximum atomic E-state index is 10.7. The van der Waals surface area contributed by atoms with Crippen molar-refractivity contribution >= 4 is 29.6 Å². The van der Waals surface area contributed by atoms with Crippen molar-refractivity contribution in [2.24, 2.45) is 0 Å². The van der Waals surface area contributed by atoms with Crippen LogP contribution in [-0.2, 0) is 4.79 Å². The average Bonchev–Trinajstić information content (AvgIpc) is 2.16. The highest BCUT2D eigenvalue weighted by molar-refractivity contribution is 6.33. The van der Waals surface area contributed by atoms with Gasteiger partial charge >= 0.3 is 11.9 Å². The molecule has 0 aromatic heterocycles. The molecule has 0 unspecified atom stereocenters. The lowest BCUT2D eigenvalue weighted by molar-refractivity contribution is -0.131. The molecule has 0 bridgehead atoms. The predicted molar refractivity (Wildman–Crippen MR) is 55.1 cm³/mol. The SMILES string of the molecule is O=C(O)/C=C/c1ccc(Cl)c(C(=O)O)c1. The van der Waals surface area contributed by atoms with Crippen molar-refractivity contribution in [3.05, 3.63) is 40.4 Å². The average molecular weight is 227 g/mol. The van der Waals surface area contributed by atoms with Crippen LogP contribution in [0, 0.1) is 0 Å². The molecular formula is C10H7ClO4. The molecule has 0 saturated carbocycles. The first-order chi connectivity index (χ1) is 7.00. The molecule has 0 radical (unpaired) electrons. The third-order valence-corrected chi connectivity index (χ3v) is 1.97. The first kappa shape index (κ1) is 11.3. The number of hydrogen-bond donors (Lipinski definition) is 2. The molecule has 0 fully saturated rings. The van der Waals surface area contributed by atoms with Gasteiger partial charge < -0.3 is 10.2 Å². The summed E-state index contributed by atoms with van der Waals surface area (Å²) in [5.74, 6) is -2.24. The molecule has 1 aromatic rings. The first-order valence-electron chi connectivity index (χ1n) is 3.94. The molecule has 5 heteroatoms. The van der Waals surface area contributed by atoms with E-state index in [1.54, 1.807) is 0 Å². The lowest BCUT2D eigenvalue weighted by Crippen LogP contribution is -1.97. The van der Waals surface area contributed by atoms with Crippen LogP contribution in [0.2, 0.25) is 5.02 Å². The van der Waals surface area contributed by atoms with E-state index in [1.807, 2.05) is 0 Å². The van der Waals surface area contributed by atoms with E-state index in [0.29, 0.717) is 5.56 Å². The molecule has 1 aromatic carbocycles. The second kappa shape index (κ2) is 4.61. The van der Waals surface area contributed by atoms with Gasteiger partial charge in [0, 0.05) is 6.08 Å². The molecule has 4 nitrogen and oxygen atoms in total. The van der Waals surface area contributed by atoms with Crippen molar-refractivity contribution in [1.29, 1.82) is 0 Å². The zero-order valence-electron chi connectivity index (χ0n) is 7.48. The van der Waals surface area contributed by atoms with Crippen molar-refractivity contribution in [3.63, 3.8) is 0 Å². The summed E-state index contributed by atoms with van der Waals surface area (Å²) >= 11 is 5.63. The van der Waals surface area contributed by atoms with Crippen LogP contribution in [0.25, 0.3) is 6.08 Å². The Labute approximate surface area is 90.4 Å². The summed E-state index contributed by atoms with van der Waals surface area (Å²) < 4.78 is 0. The van der Waals surface area contributed by atoms with Crippen LogP contribution in [-0.4, -0.2) is 22.2 Å². The fourth-order valence-corrected chi connectivity index (χ4v) is 1.18. The summed E-state index contributed by atoms with van der Waals surface area (Å²) in [6, 6.07) is 4.25. The molecular weight excluding hydrogens is 220 g/mol. The lowest BCUT2D eigenvalue weighted by atomic mass is 10.1. The summed E-state index contributed by atoms with van der Waals surface area (Å²) in [5.41, 5.74) is 0.420. The number of benzene rings is 1. The highest BCUT2D eigenvalue weighted by Crippen LogP contribution is 2.18. The van der Waals surface area contributed by atoms with E-state index in [4.69, 9.17) is 21.8 Å². The largest absolute Gasteiger partial charge is 0.478 e. The van der Waals surface area contributed by atoms with Gasteiger partial charge in [0.25, 0.3) is 0 Å². The van der Waals surface area contributed by atoms with Gasteiger partial charge in [0.15, 0.2) is 0 Å². The minimum Gasteiger partial charge on any atom is -0.478 e. The van der Waals surface area contributed by atoms with Crippen LogP contribution in [0.3, 0.4) is 0 Å². The molecule has 0 spiro atoms. The maximum absolute atomic E-state index is 10.7. The normalized spacial score (nSPS) is 10.5. The summed E-state index contributed by atoms with van der Waals surface area (Å²) in [5, 5.41) is 17.2. The molecule has 1 rings (SSSR count). The van der Waals surface area contributed by atoms with E-state index < -0.39 is 11.9 Å². The van der Waals surface area contributed by atoms with Crippen molar-refractivity contribution in [2.75, 3.05) is 0 Å². The van der Waals surface area contributed by atoms with Crippen molar-refractivity contribution in [1.82, 2.24) is 0 Å². The Bertz CT molecular complexity index is 437. The Kier molecular flexibility index (Phi) is 3.46. The van der Waals surface area contributed by atoms with Gasteiger partial charge in [0.05, 0.1) is 10.6 Å². The quantitative estimate of drug-likeness (QED) is 0.775. The molecule has 2 N–H and O–H groups in total. The first-order valence-corrected chi connectivity index (χ1v) is 4.32. The van der Waals surface area contributed by atoms with Crippen molar-refractivity contribution in [3.8, 4) is 0 Å². The number of carboxylic acids is 2. The highest BCUT2D eigenvalue weighted by Gasteiger charge is 2.08. The monoisotopic (exact) mass is 226 g/mol. The standard InChI is InChI=1S/C10H7ClO4/c11-8-3-1-6(2-4-9(12)13)5-7(8)10(14)15/h1-5H,(H,12,13)(H,14,15)/b4-2+. The fourth-order valence-electron chi connectivity index (χ4n) is 0.978. The Morgan fingerprint density at radius 3 is 2.47 bits per heavy atom. The summed E-state index contributed by atoms with van der Waals surface area (Å²) in [6.07, 6.45) is 2.22. The van der Waals surface area contributed by atoms with E-state index in [0.717, 1.165) is 6.08 Å². The number of aromatic carboxylic acids is 1. The number of hydrogen-bond acceptors (Lipinski definition) is 2. The predicted octanol–water partition coefficient (Wildman–Crippen LogP) is 2.14. The van der Waals surface area contributed by atoms with E-state index in [-0.39, 0.29) is 10.6 Å². The third kappa shape index (κ3) is 3.11. The number of halogens is 1. The second-order valence-corrected chi connectivity index (χ2v) is 3.12. The molecule has 78 valence electrons. The number of carboxylic acid groups (broad SMARTS) is 2. The zero-order valence-corrected chi connectivity index (χ0v) is 8.23. The van der Waals surface area contributed by atoms with Crippen LogP contribution >= 0.6 is 11.6 Å². The van der Waals surface area contributed by atoms with Crippen LogP contribution in [0.1, 0.15) is 15.9 Å². The van der Waals surface area contributed by atoms with Crippen LogP contribution < -0.4 is 0 Å². The van der Waals surface area contributed by atoms with E-state index >= 15 is 0 Å². The summed E-state index contributed by atoms with van der Waals surface area (Å²) in [6.45, 7) is 0. The minimum absolute atomic E-state index is 0.0517. The molecule has 0 atom stereocenters. The Hall–Kier alpha value is -1.81. The molecule has 0 amide bonds. The van der Waals surface area contributed by atoms with Crippen LogP contribution in [0.15, 0.2) is 24.3 Å². The minimum atomic E-state index is -1.15. The smallest absolute Gasteiger partial charge is 0.337 e. The maximum Gasteiger partial charge on any atom is 0.337 e. The zero-order chi connectivity index (χ0) is 11.4. The highest BCUT2D eigenvalue weighted by atomic mass is 35.5. The molecule has 0 heterocycles. The van der Waals surface area contributed by atoms with Gasteiger partial charge in [0.2, 0.25) is 0 Å². The van der Waals surface area contributed by atoms with Crippen molar-refractivity contribution in [2.45, 2.75) is 0 Å². The molecule has 0 saturated heterocycles. The number of rotatable bonds is 3. The molecule has 0 aliphatic heterocycles. The van der Waals surface area contributed by atoms with Gasteiger partial charge in [-0.2, -0.15) is 0 Å². The Balaban J connectivity index is 3.08. The Morgan fingerprint density at radius 1 is 1.27 bits per heavy atom. The third-order valence-electron chi connectivity index (χ3n) is 1.64. The summed E-state index contributed by atoms with van der Waals surface area (Å²) in [4.78, 5) is 20.9. The van der Waals surface area contributed by atoms with Crippen LogP contribution in [0.5, 0.6) is 0 Å². The van der Waals surface area contributed by atoms with E-state index in [1.165, 1.54) is 24.3 Å². The van der Waals surface area contributed by atoms with E-state index in [9.17, 15) is 9.59 Å². The van der Waals surface area contributed by atoms with E-state index in [2.05, 4.69) is 0 Å². The van der Waals surface area contributed by atoms with Gasteiger partial charge in [0.1, 0.15) is 0 Å². The van der Waals surface area contributed by atoms with Crippen molar-refractivity contribution < 1.29 is 19.8 Å². The summed E-state index contributed by atoms with van der Waals surface area (Å²) in [7, 11) is 0. The molecule has 0 aliphatic rings. The van der Waals surface area contributed by atoms with Gasteiger partial charge in [-0.15, -0.1) is 0 Å². The van der Waals surface area contributed by atoms with Gasteiger partial charge in [-0.3, -0.25) is 0 Å². The fraction of sp³-hybridized carbons (Fsp3) is 0. The number of carbonyl (C=O) groups is 2. The lowest BCUT2D eigenvalue weighted by Gasteiger charge is -1.99. The second-order valence-electron chi connectivity index (χ2n) is 2.72.